The molecule has 0 aromatic heterocycles. The molecule has 0 bridgehead atoms. The van der Waals surface area contributed by atoms with E-state index in [0.29, 0.717) is 17.9 Å². The minimum Gasteiger partial charge on any atom is -0.343 e. The standard InChI is InChI=1S/C18H36N2O/c1-6-20(7-2)17(21)15(13-19)12-14-8-10-16(11-9-14)18(3,4)5/h14-16H,6-13,19H2,1-5H3. The molecule has 0 spiro atoms. The van der Waals surface area contributed by atoms with Gasteiger partial charge < -0.3 is 10.6 Å². The van der Waals surface area contributed by atoms with Gasteiger partial charge >= 0.3 is 0 Å². The second-order valence-corrected chi connectivity index (χ2v) is 7.76. The summed E-state index contributed by atoms with van der Waals surface area (Å²) < 4.78 is 0. The number of hydrogen-bond acceptors (Lipinski definition) is 2. The van der Waals surface area contributed by atoms with Crippen molar-refractivity contribution in [2.24, 2.45) is 28.9 Å². The largest absolute Gasteiger partial charge is 0.343 e. The fourth-order valence-electron chi connectivity index (χ4n) is 3.76. The van der Waals surface area contributed by atoms with Crippen molar-refractivity contribution in [1.82, 2.24) is 4.90 Å². The van der Waals surface area contributed by atoms with Gasteiger partial charge in [-0.2, -0.15) is 0 Å². The number of nitrogens with two attached hydrogens (primary N) is 1. The summed E-state index contributed by atoms with van der Waals surface area (Å²) in [6.45, 7) is 13.2. The molecule has 1 unspecified atom stereocenters. The van der Waals surface area contributed by atoms with Crippen LogP contribution in [0.25, 0.3) is 0 Å². The molecule has 0 heterocycles. The van der Waals surface area contributed by atoms with Gasteiger partial charge in [-0.3, -0.25) is 4.79 Å². The van der Waals surface area contributed by atoms with E-state index < -0.39 is 0 Å². The lowest BCUT2D eigenvalue weighted by molar-refractivity contribution is -0.135. The maximum absolute atomic E-state index is 12.5. The van der Waals surface area contributed by atoms with Gasteiger partial charge in [-0.25, -0.2) is 0 Å². The number of rotatable bonds is 6. The lowest BCUT2D eigenvalue weighted by Crippen LogP contribution is -2.40. The maximum atomic E-state index is 12.5. The first-order valence-corrected chi connectivity index (χ1v) is 8.82. The molecule has 124 valence electrons. The van der Waals surface area contributed by atoms with Crippen molar-refractivity contribution >= 4 is 5.91 Å². The van der Waals surface area contributed by atoms with Crippen molar-refractivity contribution in [2.75, 3.05) is 19.6 Å². The average molecular weight is 296 g/mol. The van der Waals surface area contributed by atoms with Crippen LogP contribution in [0.4, 0.5) is 0 Å². The van der Waals surface area contributed by atoms with Crippen LogP contribution in [0.3, 0.4) is 0 Å². The Hall–Kier alpha value is -0.570. The Balaban J connectivity index is 2.51. The van der Waals surface area contributed by atoms with E-state index in [4.69, 9.17) is 5.73 Å². The van der Waals surface area contributed by atoms with E-state index in [2.05, 4.69) is 20.8 Å². The van der Waals surface area contributed by atoms with Crippen molar-refractivity contribution in [3.05, 3.63) is 0 Å². The topological polar surface area (TPSA) is 46.3 Å². The highest BCUT2D eigenvalue weighted by Crippen LogP contribution is 2.41. The molecule has 3 heteroatoms. The first-order valence-electron chi connectivity index (χ1n) is 8.82. The van der Waals surface area contributed by atoms with Crippen LogP contribution in [0.15, 0.2) is 0 Å². The van der Waals surface area contributed by atoms with Crippen molar-refractivity contribution in [3.63, 3.8) is 0 Å². The second kappa shape index (κ2) is 8.17. The van der Waals surface area contributed by atoms with Crippen LogP contribution in [-0.4, -0.2) is 30.4 Å². The van der Waals surface area contributed by atoms with Gasteiger partial charge in [0, 0.05) is 19.6 Å². The average Bonchev–Trinajstić information content (AvgIpc) is 2.45. The molecule has 2 N–H and O–H groups in total. The molecule has 1 rings (SSSR count). The number of nitrogens with zero attached hydrogens (tertiary/aromatic N) is 1. The van der Waals surface area contributed by atoms with Crippen LogP contribution in [0.1, 0.15) is 66.7 Å². The monoisotopic (exact) mass is 296 g/mol. The summed E-state index contributed by atoms with van der Waals surface area (Å²) in [5.41, 5.74) is 6.31. The second-order valence-electron chi connectivity index (χ2n) is 7.76. The summed E-state index contributed by atoms with van der Waals surface area (Å²) in [5, 5.41) is 0. The third kappa shape index (κ3) is 5.28. The predicted octanol–water partition coefficient (Wildman–Crippen LogP) is 3.67. The molecular weight excluding hydrogens is 260 g/mol. The zero-order chi connectivity index (χ0) is 16.0. The summed E-state index contributed by atoms with van der Waals surface area (Å²) in [6.07, 6.45) is 6.15. The number of carbonyl (C=O) groups excluding carboxylic acids is 1. The van der Waals surface area contributed by atoms with E-state index in [0.717, 1.165) is 25.4 Å². The first kappa shape index (κ1) is 18.5. The van der Waals surface area contributed by atoms with Gasteiger partial charge in [0.1, 0.15) is 0 Å². The van der Waals surface area contributed by atoms with Crippen LogP contribution in [0, 0.1) is 23.2 Å². The molecule has 1 amide bonds. The molecule has 0 saturated heterocycles. The smallest absolute Gasteiger partial charge is 0.226 e. The molecular formula is C18H36N2O. The number of amides is 1. The van der Waals surface area contributed by atoms with Gasteiger partial charge in [-0.1, -0.05) is 33.6 Å². The van der Waals surface area contributed by atoms with Crippen LogP contribution < -0.4 is 5.73 Å². The van der Waals surface area contributed by atoms with Crippen LogP contribution in [0.2, 0.25) is 0 Å². The highest BCUT2D eigenvalue weighted by Gasteiger charge is 2.32. The van der Waals surface area contributed by atoms with Crippen molar-refractivity contribution in [1.29, 1.82) is 0 Å². The normalized spacial score (nSPS) is 24.7. The van der Waals surface area contributed by atoms with Gasteiger partial charge in [-0.15, -0.1) is 0 Å². The van der Waals surface area contributed by atoms with E-state index in [9.17, 15) is 4.79 Å². The minimum absolute atomic E-state index is 0.0288. The SMILES string of the molecule is CCN(CC)C(=O)C(CN)CC1CCC(C(C)(C)C)CC1. The summed E-state index contributed by atoms with van der Waals surface area (Å²) in [7, 11) is 0. The molecule has 1 aliphatic carbocycles. The third-order valence-corrected chi connectivity index (χ3v) is 5.40. The van der Waals surface area contributed by atoms with Crippen LogP contribution >= 0.6 is 0 Å². The summed E-state index contributed by atoms with van der Waals surface area (Å²) in [5.74, 6) is 1.82. The first-order chi connectivity index (χ1) is 9.83. The summed E-state index contributed by atoms with van der Waals surface area (Å²) in [6, 6.07) is 0. The van der Waals surface area contributed by atoms with Gasteiger partial charge in [-0.05, 0) is 50.4 Å². The lowest BCUT2D eigenvalue weighted by atomic mass is 9.68. The summed E-state index contributed by atoms with van der Waals surface area (Å²) >= 11 is 0. The Labute approximate surface area is 131 Å². The molecule has 1 saturated carbocycles. The third-order valence-electron chi connectivity index (χ3n) is 5.40. The lowest BCUT2D eigenvalue weighted by Gasteiger charge is -2.38. The van der Waals surface area contributed by atoms with E-state index in [-0.39, 0.29) is 11.8 Å². The molecule has 0 aromatic carbocycles. The molecule has 0 aliphatic heterocycles. The quantitative estimate of drug-likeness (QED) is 0.813. The van der Waals surface area contributed by atoms with Crippen LogP contribution in [-0.2, 0) is 4.79 Å². The molecule has 1 fully saturated rings. The van der Waals surface area contributed by atoms with Crippen molar-refractivity contribution < 1.29 is 4.79 Å². The fourth-order valence-corrected chi connectivity index (χ4v) is 3.76. The number of hydrogen-bond donors (Lipinski definition) is 1. The molecule has 0 aromatic rings. The Kier molecular flexibility index (Phi) is 7.19. The zero-order valence-electron chi connectivity index (χ0n) is 14.8. The Bertz CT molecular complexity index is 310. The van der Waals surface area contributed by atoms with E-state index in [1.807, 2.05) is 18.7 Å². The van der Waals surface area contributed by atoms with Crippen molar-refractivity contribution in [3.8, 4) is 0 Å². The highest BCUT2D eigenvalue weighted by atomic mass is 16.2. The maximum Gasteiger partial charge on any atom is 0.226 e. The van der Waals surface area contributed by atoms with Crippen molar-refractivity contribution in [2.45, 2.75) is 66.7 Å². The Morgan fingerprint density at radius 2 is 1.67 bits per heavy atom. The van der Waals surface area contributed by atoms with E-state index in [1.165, 1.54) is 25.7 Å². The Morgan fingerprint density at radius 3 is 2.05 bits per heavy atom. The number of carbonyl (C=O) groups is 1. The van der Waals surface area contributed by atoms with Crippen LogP contribution in [0.5, 0.6) is 0 Å². The summed E-state index contributed by atoms with van der Waals surface area (Å²) in [4.78, 5) is 14.4. The van der Waals surface area contributed by atoms with Gasteiger partial charge in [0.15, 0.2) is 0 Å². The highest BCUT2D eigenvalue weighted by molar-refractivity contribution is 5.79. The molecule has 3 nitrogen and oxygen atoms in total. The zero-order valence-corrected chi connectivity index (χ0v) is 14.8. The van der Waals surface area contributed by atoms with Gasteiger partial charge in [0.2, 0.25) is 5.91 Å². The molecule has 21 heavy (non-hydrogen) atoms. The molecule has 1 atom stereocenters. The molecule has 1 aliphatic rings. The Morgan fingerprint density at radius 1 is 1.14 bits per heavy atom. The van der Waals surface area contributed by atoms with Gasteiger partial charge in [0.05, 0.1) is 5.92 Å². The minimum atomic E-state index is 0.0288. The van der Waals surface area contributed by atoms with E-state index >= 15 is 0 Å². The fraction of sp³-hybridized carbons (Fsp3) is 0.944. The van der Waals surface area contributed by atoms with E-state index in [1.54, 1.807) is 0 Å². The van der Waals surface area contributed by atoms with Gasteiger partial charge in [0.25, 0.3) is 0 Å². The molecule has 0 radical (unpaired) electrons. The predicted molar refractivity (Wildman–Crippen MR) is 90.0 cm³/mol.